The summed E-state index contributed by atoms with van der Waals surface area (Å²) in [6, 6.07) is 26.2. The summed E-state index contributed by atoms with van der Waals surface area (Å²) in [4.78, 5) is 44.0. The summed E-state index contributed by atoms with van der Waals surface area (Å²) in [5.74, 6) is 0.0279. The van der Waals surface area contributed by atoms with Gasteiger partial charge in [-0.05, 0) is 122 Å². The van der Waals surface area contributed by atoms with Gasteiger partial charge in [0, 0.05) is 83.0 Å². The number of halogens is 1. The minimum Gasteiger partial charge on any atom is -0.460 e. The first-order valence-corrected chi connectivity index (χ1v) is 21.3. The fourth-order valence-electron chi connectivity index (χ4n) is 4.63. The molecule has 2 aromatic carbocycles. The van der Waals surface area contributed by atoms with Gasteiger partial charge in [0.1, 0.15) is 31.6 Å². The van der Waals surface area contributed by atoms with Crippen LogP contribution in [-0.4, -0.2) is 104 Å². The van der Waals surface area contributed by atoms with Crippen LogP contribution in [0.3, 0.4) is 0 Å². The third-order valence-electron chi connectivity index (χ3n) is 7.05. The number of esters is 2. The maximum Gasteiger partial charge on any atom is 0.323 e. The van der Waals surface area contributed by atoms with Crippen LogP contribution in [0.25, 0.3) is 0 Å². The van der Waals surface area contributed by atoms with Gasteiger partial charge in [0.05, 0.1) is 0 Å². The molecular weight excluding hydrogens is 884 g/mol. The molecule has 0 spiro atoms. The van der Waals surface area contributed by atoms with Gasteiger partial charge in [0.2, 0.25) is 0 Å². The Labute approximate surface area is 412 Å². The zero-order chi connectivity index (χ0) is 48.8. The van der Waals surface area contributed by atoms with E-state index in [0.717, 1.165) is 23.0 Å². The number of aromatic nitrogens is 2. The molecule has 366 valence electrons. The van der Waals surface area contributed by atoms with Crippen LogP contribution in [0.15, 0.2) is 110 Å². The van der Waals surface area contributed by atoms with E-state index >= 15 is 0 Å². The first-order chi connectivity index (χ1) is 29.6. The van der Waals surface area contributed by atoms with Crippen molar-refractivity contribution in [2.45, 2.75) is 139 Å². The zero-order valence-corrected chi connectivity index (χ0v) is 43.7. The number of pyridine rings is 2. The Balaban J connectivity index is -0.000000247. The molecule has 2 heterocycles. The maximum atomic E-state index is 12.5. The van der Waals surface area contributed by atoms with Gasteiger partial charge >= 0.3 is 11.9 Å². The smallest absolute Gasteiger partial charge is 0.323 e. The molecule has 0 aliphatic rings. The van der Waals surface area contributed by atoms with Gasteiger partial charge in [0.15, 0.2) is 0 Å². The standard InChI is InChI=1S/C19H24N2O2.C13H19NO2.C6H5NO.4C3H8O.ClH.Ti/c1-15(2)18(21(3)13-16-9-11-20-12-10-16)19(22)23-14-17-7-5-4-6-8-17;1-10(2)12(14-3)13(15)16-9-11-7-5-4-6-8-11;8-5-6-1-3-7-4-2-6;4*1-3(2)4;;/h4-12,15,18H,13-14H2,1-3H3;4-8,10,12,14H,9H2,1-3H3;1-5H;4*3-4H,1-2H3;1H;/t18-;12-;;;;;;;/m00......./s1. The molecule has 0 unspecified atom stereocenters. The van der Waals surface area contributed by atoms with Crippen LogP contribution >= 0.6 is 12.4 Å². The number of nitrogens with one attached hydrogen (secondary N) is 1. The second kappa shape index (κ2) is 45.3. The van der Waals surface area contributed by atoms with E-state index in [4.69, 9.17) is 29.9 Å². The predicted octanol–water partition coefficient (Wildman–Crippen LogP) is 8.12. The number of benzene rings is 2. The average Bonchev–Trinajstić information content (AvgIpc) is 3.20. The number of aliphatic hydroxyl groups excluding tert-OH is 4. The molecule has 65 heavy (non-hydrogen) atoms. The predicted molar refractivity (Wildman–Crippen MR) is 261 cm³/mol. The molecule has 15 heteroatoms. The number of carbonyl (C=O) groups excluding carboxylic acids is 3. The van der Waals surface area contributed by atoms with Crippen molar-refractivity contribution in [1.29, 1.82) is 0 Å². The van der Waals surface area contributed by atoms with Gasteiger partial charge in [-0.3, -0.25) is 29.3 Å². The summed E-state index contributed by atoms with van der Waals surface area (Å²) in [5, 5.41) is 35.2. The monoisotopic (exact) mass is 965 g/mol. The number of aldehydes is 1. The van der Waals surface area contributed by atoms with Gasteiger partial charge in [-0.1, -0.05) is 88.4 Å². The Morgan fingerprint density at radius 2 is 0.923 bits per heavy atom. The molecule has 4 rings (SSSR count). The van der Waals surface area contributed by atoms with Crippen molar-refractivity contribution in [3.05, 3.63) is 132 Å². The molecule has 2 atom stereocenters. The molecule has 5 N–H and O–H groups in total. The number of aliphatic hydroxyl groups is 4. The number of nitrogens with zero attached hydrogens (tertiary/aromatic N) is 3. The van der Waals surface area contributed by atoms with Crippen LogP contribution in [0.5, 0.6) is 0 Å². The van der Waals surface area contributed by atoms with E-state index in [2.05, 4.69) is 15.3 Å². The Morgan fingerprint density at radius 1 is 0.585 bits per heavy atom. The summed E-state index contributed by atoms with van der Waals surface area (Å²) in [7, 11) is 3.73. The minimum absolute atomic E-state index is 0. The van der Waals surface area contributed by atoms with E-state index in [1.54, 1.807) is 99.4 Å². The van der Waals surface area contributed by atoms with Crippen molar-refractivity contribution < 1.29 is 66.0 Å². The van der Waals surface area contributed by atoms with E-state index in [-0.39, 0.29) is 94.4 Å². The van der Waals surface area contributed by atoms with Crippen molar-refractivity contribution >= 4 is 30.6 Å². The van der Waals surface area contributed by atoms with E-state index in [1.165, 1.54) is 0 Å². The Morgan fingerprint density at radius 3 is 1.22 bits per heavy atom. The van der Waals surface area contributed by atoms with Gasteiger partial charge < -0.3 is 35.2 Å². The molecule has 2 aromatic heterocycles. The number of rotatable bonds is 13. The molecular formula is C50H81ClN4O9Ti. The van der Waals surface area contributed by atoms with Crippen molar-refractivity contribution in [3.8, 4) is 0 Å². The van der Waals surface area contributed by atoms with Gasteiger partial charge in [-0.25, -0.2) is 0 Å². The Hall–Kier alpha value is -3.89. The number of hydrogen-bond donors (Lipinski definition) is 5. The molecule has 4 aromatic rings. The molecule has 0 saturated carbocycles. The van der Waals surface area contributed by atoms with Crippen molar-refractivity contribution in [2.75, 3.05) is 14.1 Å². The molecule has 0 radical (unpaired) electrons. The van der Waals surface area contributed by atoms with Crippen molar-refractivity contribution in [3.63, 3.8) is 0 Å². The third kappa shape index (κ3) is 46.4. The molecule has 0 bridgehead atoms. The largest absolute Gasteiger partial charge is 0.460 e. The number of carbonyl (C=O) groups is 3. The van der Waals surface area contributed by atoms with Crippen LogP contribution in [-0.2, 0) is 60.5 Å². The molecule has 13 nitrogen and oxygen atoms in total. The van der Waals surface area contributed by atoms with Crippen LogP contribution in [0.4, 0.5) is 0 Å². The summed E-state index contributed by atoms with van der Waals surface area (Å²) in [6.45, 7) is 23.2. The summed E-state index contributed by atoms with van der Waals surface area (Å²) in [5.41, 5.74) is 3.80. The zero-order valence-electron chi connectivity index (χ0n) is 41.3. The van der Waals surface area contributed by atoms with Gasteiger partial charge in [-0.15, -0.1) is 12.4 Å². The summed E-state index contributed by atoms with van der Waals surface area (Å²) in [6.07, 6.45) is 6.83. The Kier molecular flexibility index (Phi) is 48.9. The molecule has 0 aliphatic heterocycles. The normalized spacial score (nSPS) is 10.7. The van der Waals surface area contributed by atoms with E-state index in [9.17, 15) is 14.4 Å². The van der Waals surface area contributed by atoms with Crippen molar-refractivity contribution in [2.24, 2.45) is 11.8 Å². The SMILES string of the molecule is CC(C)O.CC(C)O.CC(C)O.CC(C)O.CC(C)[C@@H](C(=O)OCc1ccccc1)N(C)Cc1ccncc1.CN[C@H](C(=O)OCc1ccccc1)C(C)C.Cl.O=Cc1ccncc1.[Ti]. The van der Waals surface area contributed by atoms with Crippen LogP contribution < -0.4 is 5.32 Å². The quantitative estimate of drug-likeness (QED) is 0.0491. The summed E-state index contributed by atoms with van der Waals surface area (Å²) >= 11 is 0. The summed E-state index contributed by atoms with van der Waals surface area (Å²) < 4.78 is 10.8. The topological polar surface area (TPSA) is 192 Å². The minimum atomic E-state index is -0.271. The third-order valence-corrected chi connectivity index (χ3v) is 7.05. The molecule has 0 aliphatic carbocycles. The number of ether oxygens (including phenoxy) is 2. The Bertz CT molecular complexity index is 1610. The fourth-order valence-corrected chi connectivity index (χ4v) is 4.63. The maximum absolute atomic E-state index is 12.5. The van der Waals surface area contributed by atoms with Gasteiger partial charge in [-0.2, -0.15) is 0 Å². The molecule has 0 saturated heterocycles. The molecule has 0 amide bonds. The van der Waals surface area contributed by atoms with Crippen LogP contribution in [0.1, 0.15) is 110 Å². The van der Waals surface area contributed by atoms with E-state index in [1.807, 2.05) is 112 Å². The van der Waals surface area contributed by atoms with Crippen molar-refractivity contribution in [1.82, 2.24) is 20.2 Å². The number of hydrogen-bond acceptors (Lipinski definition) is 13. The second-order valence-corrected chi connectivity index (χ2v) is 15.9. The van der Waals surface area contributed by atoms with Crippen LogP contribution in [0, 0.1) is 11.8 Å². The van der Waals surface area contributed by atoms with Gasteiger partial charge in [0.25, 0.3) is 0 Å². The van der Waals surface area contributed by atoms with Crippen LogP contribution in [0.2, 0.25) is 0 Å². The van der Waals surface area contributed by atoms with E-state index < -0.39 is 0 Å². The molecule has 0 fully saturated rings. The number of likely N-dealkylation sites (N-methyl/N-ethyl adjacent to an activating group) is 2. The average molecular weight is 966 g/mol. The van der Waals surface area contributed by atoms with E-state index in [0.29, 0.717) is 25.3 Å². The first kappa shape index (κ1) is 70.1. The fraction of sp³-hybridized carbons (Fsp3) is 0.500. The first-order valence-electron chi connectivity index (χ1n) is 21.3. The second-order valence-electron chi connectivity index (χ2n) is 15.9.